The minimum absolute atomic E-state index is 0.344. The molecule has 128 valence electrons. The fraction of sp³-hybridized carbons (Fsp3) is 0.368. The molecule has 24 heavy (non-hydrogen) atoms. The lowest BCUT2D eigenvalue weighted by Gasteiger charge is -2.33. The van der Waals surface area contributed by atoms with Gasteiger partial charge in [-0.3, -0.25) is 4.90 Å². The van der Waals surface area contributed by atoms with Crippen molar-refractivity contribution in [2.75, 3.05) is 19.6 Å². The molecule has 0 amide bonds. The highest BCUT2D eigenvalue weighted by molar-refractivity contribution is 7.91. The van der Waals surface area contributed by atoms with Gasteiger partial charge in [0.2, 0.25) is 9.84 Å². The molecule has 5 heteroatoms. The predicted molar refractivity (Wildman–Crippen MR) is 95.8 cm³/mol. The summed E-state index contributed by atoms with van der Waals surface area (Å²) >= 11 is 0. The minimum atomic E-state index is -3.44. The Morgan fingerprint density at radius 1 is 1.04 bits per heavy atom. The van der Waals surface area contributed by atoms with Gasteiger partial charge in [-0.1, -0.05) is 29.8 Å². The van der Waals surface area contributed by atoms with Gasteiger partial charge in [0, 0.05) is 32.2 Å². The van der Waals surface area contributed by atoms with Crippen molar-refractivity contribution in [2.24, 2.45) is 0 Å². The summed E-state index contributed by atoms with van der Waals surface area (Å²) in [7, 11) is -3.44. The molecule has 1 aliphatic rings. The number of sulfone groups is 1. The Morgan fingerprint density at radius 3 is 2.21 bits per heavy atom. The molecule has 1 saturated heterocycles. The zero-order valence-corrected chi connectivity index (χ0v) is 15.0. The fourth-order valence-electron chi connectivity index (χ4n) is 2.98. The van der Waals surface area contributed by atoms with Crippen molar-refractivity contribution in [1.82, 2.24) is 10.2 Å². The summed E-state index contributed by atoms with van der Waals surface area (Å²) in [5, 5.41) is 3.38. The van der Waals surface area contributed by atoms with Gasteiger partial charge in [0.15, 0.2) is 0 Å². The van der Waals surface area contributed by atoms with Crippen LogP contribution in [0, 0.1) is 6.92 Å². The maximum atomic E-state index is 12.7. The van der Waals surface area contributed by atoms with E-state index in [2.05, 4.69) is 17.1 Å². The van der Waals surface area contributed by atoms with E-state index in [9.17, 15) is 8.42 Å². The Labute approximate surface area is 144 Å². The number of nitrogens with one attached hydrogen (secondary N) is 1. The zero-order valence-electron chi connectivity index (χ0n) is 14.2. The zero-order chi connectivity index (χ0) is 17.2. The first-order valence-electron chi connectivity index (χ1n) is 8.32. The lowest BCUT2D eigenvalue weighted by molar-refractivity contribution is 0.165. The molecule has 0 aromatic heterocycles. The molecule has 0 saturated carbocycles. The van der Waals surface area contributed by atoms with Gasteiger partial charge >= 0.3 is 0 Å². The number of hydrogen-bond donors (Lipinski definition) is 1. The number of benzene rings is 2. The highest BCUT2D eigenvalue weighted by atomic mass is 32.2. The SMILES string of the molecule is Cc1ccc(S(=O)(=O)c2ccc(CN3CCNC[C@@H]3C)cc2)cc1. The molecule has 0 unspecified atom stereocenters. The van der Waals surface area contributed by atoms with Crippen molar-refractivity contribution in [3.05, 3.63) is 59.7 Å². The molecule has 0 bridgehead atoms. The Kier molecular flexibility index (Phi) is 5.04. The van der Waals surface area contributed by atoms with E-state index in [-0.39, 0.29) is 0 Å². The highest BCUT2D eigenvalue weighted by Gasteiger charge is 2.19. The van der Waals surface area contributed by atoms with Crippen LogP contribution in [-0.2, 0) is 16.4 Å². The Hall–Kier alpha value is -1.69. The van der Waals surface area contributed by atoms with Gasteiger partial charge < -0.3 is 5.32 Å². The monoisotopic (exact) mass is 344 g/mol. The summed E-state index contributed by atoms with van der Waals surface area (Å²) in [6.07, 6.45) is 0. The van der Waals surface area contributed by atoms with Crippen molar-refractivity contribution in [1.29, 1.82) is 0 Å². The number of nitrogens with zero attached hydrogens (tertiary/aromatic N) is 1. The smallest absolute Gasteiger partial charge is 0.206 e. The Balaban J connectivity index is 1.77. The Bertz CT molecular complexity index is 783. The minimum Gasteiger partial charge on any atom is -0.314 e. The van der Waals surface area contributed by atoms with E-state index in [0.717, 1.165) is 37.3 Å². The van der Waals surface area contributed by atoms with Crippen LogP contribution in [-0.4, -0.2) is 39.0 Å². The molecule has 0 spiro atoms. The predicted octanol–water partition coefficient (Wildman–Crippen LogP) is 2.62. The summed E-state index contributed by atoms with van der Waals surface area (Å²) in [5.74, 6) is 0. The van der Waals surface area contributed by atoms with Gasteiger partial charge in [-0.15, -0.1) is 0 Å². The van der Waals surface area contributed by atoms with Crippen LogP contribution in [0.1, 0.15) is 18.1 Å². The largest absolute Gasteiger partial charge is 0.314 e. The van der Waals surface area contributed by atoms with Crippen LogP contribution >= 0.6 is 0 Å². The van der Waals surface area contributed by atoms with E-state index in [0.29, 0.717) is 15.8 Å². The number of aryl methyl sites for hydroxylation is 1. The summed E-state index contributed by atoms with van der Waals surface area (Å²) in [5.41, 5.74) is 2.20. The third-order valence-corrected chi connectivity index (χ3v) is 6.38. The van der Waals surface area contributed by atoms with E-state index in [4.69, 9.17) is 0 Å². The second-order valence-corrected chi connectivity index (χ2v) is 8.43. The van der Waals surface area contributed by atoms with Crippen LogP contribution in [0.3, 0.4) is 0 Å². The second kappa shape index (κ2) is 7.05. The van der Waals surface area contributed by atoms with Crippen LogP contribution in [0.4, 0.5) is 0 Å². The average Bonchev–Trinajstić information content (AvgIpc) is 2.58. The van der Waals surface area contributed by atoms with Gasteiger partial charge in [0.25, 0.3) is 0 Å². The van der Waals surface area contributed by atoms with Gasteiger partial charge in [0.05, 0.1) is 9.79 Å². The van der Waals surface area contributed by atoms with Crippen molar-refractivity contribution in [3.8, 4) is 0 Å². The molecule has 1 aliphatic heterocycles. The van der Waals surface area contributed by atoms with Gasteiger partial charge in [-0.05, 0) is 43.7 Å². The van der Waals surface area contributed by atoms with Crippen LogP contribution in [0.2, 0.25) is 0 Å². The molecular formula is C19H24N2O2S. The molecule has 4 nitrogen and oxygen atoms in total. The first-order chi connectivity index (χ1) is 11.5. The molecule has 1 heterocycles. The normalized spacial score (nSPS) is 19.3. The third-order valence-electron chi connectivity index (χ3n) is 4.59. The maximum absolute atomic E-state index is 12.7. The molecule has 1 N–H and O–H groups in total. The Morgan fingerprint density at radius 2 is 1.62 bits per heavy atom. The molecule has 2 aromatic rings. The average molecular weight is 344 g/mol. The van der Waals surface area contributed by atoms with Crippen LogP contribution < -0.4 is 5.32 Å². The van der Waals surface area contributed by atoms with E-state index in [1.165, 1.54) is 0 Å². The summed E-state index contributed by atoms with van der Waals surface area (Å²) in [6.45, 7) is 8.03. The van der Waals surface area contributed by atoms with Crippen LogP contribution in [0.15, 0.2) is 58.3 Å². The van der Waals surface area contributed by atoms with Crippen molar-refractivity contribution >= 4 is 9.84 Å². The topological polar surface area (TPSA) is 49.4 Å². The lowest BCUT2D eigenvalue weighted by Crippen LogP contribution is -2.49. The second-order valence-electron chi connectivity index (χ2n) is 6.48. The molecule has 0 radical (unpaired) electrons. The van der Waals surface area contributed by atoms with Crippen LogP contribution in [0.5, 0.6) is 0 Å². The number of piperazine rings is 1. The molecule has 1 fully saturated rings. The quantitative estimate of drug-likeness (QED) is 0.926. The number of hydrogen-bond acceptors (Lipinski definition) is 4. The lowest BCUT2D eigenvalue weighted by atomic mass is 10.1. The standard InChI is InChI=1S/C19H24N2O2S/c1-15-3-7-18(8-4-15)24(22,23)19-9-5-17(6-10-19)14-21-12-11-20-13-16(21)2/h3-10,16,20H,11-14H2,1-2H3/t16-/m0/s1. The molecule has 0 aliphatic carbocycles. The molecule has 3 rings (SSSR count). The summed E-state index contributed by atoms with van der Waals surface area (Å²) in [4.78, 5) is 3.11. The highest BCUT2D eigenvalue weighted by Crippen LogP contribution is 2.22. The molecular weight excluding hydrogens is 320 g/mol. The fourth-order valence-corrected chi connectivity index (χ4v) is 4.24. The van der Waals surface area contributed by atoms with E-state index in [1.807, 2.05) is 31.2 Å². The number of rotatable bonds is 4. The van der Waals surface area contributed by atoms with E-state index >= 15 is 0 Å². The molecule has 2 aromatic carbocycles. The first kappa shape index (κ1) is 17.1. The van der Waals surface area contributed by atoms with Gasteiger partial charge in [0.1, 0.15) is 0 Å². The first-order valence-corrected chi connectivity index (χ1v) is 9.80. The summed E-state index contributed by atoms with van der Waals surface area (Å²) < 4.78 is 25.4. The van der Waals surface area contributed by atoms with Gasteiger partial charge in [-0.25, -0.2) is 8.42 Å². The van der Waals surface area contributed by atoms with E-state index < -0.39 is 9.84 Å². The molecule has 1 atom stereocenters. The van der Waals surface area contributed by atoms with Gasteiger partial charge in [-0.2, -0.15) is 0 Å². The third kappa shape index (κ3) is 3.69. The maximum Gasteiger partial charge on any atom is 0.206 e. The van der Waals surface area contributed by atoms with Crippen molar-refractivity contribution < 1.29 is 8.42 Å². The summed E-state index contributed by atoms with van der Waals surface area (Å²) in [6, 6.07) is 14.8. The van der Waals surface area contributed by atoms with Crippen molar-refractivity contribution in [2.45, 2.75) is 36.2 Å². The van der Waals surface area contributed by atoms with E-state index in [1.54, 1.807) is 24.3 Å². The van der Waals surface area contributed by atoms with Crippen molar-refractivity contribution in [3.63, 3.8) is 0 Å². The van der Waals surface area contributed by atoms with Crippen LogP contribution in [0.25, 0.3) is 0 Å².